The van der Waals surface area contributed by atoms with Gasteiger partial charge >= 0.3 is 0 Å². The van der Waals surface area contributed by atoms with Gasteiger partial charge in [0, 0.05) is 5.56 Å². The lowest BCUT2D eigenvalue weighted by atomic mass is 10.0. The van der Waals surface area contributed by atoms with Crippen molar-refractivity contribution in [3.63, 3.8) is 0 Å². The first-order valence-electron chi connectivity index (χ1n) is 6.15. The van der Waals surface area contributed by atoms with Crippen LogP contribution in [0.15, 0.2) is 30.3 Å². The van der Waals surface area contributed by atoms with Crippen LogP contribution < -0.4 is 10.1 Å². The van der Waals surface area contributed by atoms with Gasteiger partial charge in [0.25, 0.3) is 5.91 Å². The summed E-state index contributed by atoms with van der Waals surface area (Å²) in [7, 11) is 0. The van der Waals surface area contributed by atoms with Crippen LogP contribution in [-0.2, 0) is 4.79 Å². The van der Waals surface area contributed by atoms with E-state index in [0.717, 1.165) is 11.3 Å². The molecule has 2 heterocycles. The fourth-order valence-corrected chi connectivity index (χ4v) is 2.03. The SMILES string of the molecule is Cc1ccc(-c2ccc3c(n2)NC(=O)CO3)cc1C. The lowest BCUT2D eigenvalue weighted by molar-refractivity contribution is -0.118. The summed E-state index contributed by atoms with van der Waals surface area (Å²) in [6, 6.07) is 9.94. The highest BCUT2D eigenvalue weighted by molar-refractivity contribution is 5.94. The van der Waals surface area contributed by atoms with Gasteiger partial charge in [0.1, 0.15) is 0 Å². The third kappa shape index (κ3) is 2.17. The van der Waals surface area contributed by atoms with Gasteiger partial charge in [0.15, 0.2) is 18.2 Å². The molecule has 0 unspecified atom stereocenters. The van der Waals surface area contributed by atoms with Crippen molar-refractivity contribution in [2.45, 2.75) is 13.8 Å². The molecule has 1 N–H and O–H groups in total. The molecule has 1 amide bonds. The molecule has 3 rings (SSSR count). The molecule has 2 aromatic rings. The summed E-state index contributed by atoms with van der Waals surface area (Å²) >= 11 is 0. The quantitative estimate of drug-likeness (QED) is 0.851. The zero-order chi connectivity index (χ0) is 13.4. The number of aryl methyl sites for hydroxylation is 2. The summed E-state index contributed by atoms with van der Waals surface area (Å²) in [6.07, 6.45) is 0. The van der Waals surface area contributed by atoms with E-state index in [1.54, 1.807) is 0 Å². The standard InChI is InChI=1S/C15H14N2O2/c1-9-3-4-11(7-10(9)2)12-5-6-13-15(16-12)17-14(18)8-19-13/h3-7H,8H2,1-2H3,(H,16,17,18). The highest BCUT2D eigenvalue weighted by Gasteiger charge is 2.17. The van der Waals surface area contributed by atoms with Gasteiger partial charge in [-0.1, -0.05) is 12.1 Å². The fraction of sp³-hybridized carbons (Fsp3) is 0.200. The van der Waals surface area contributed by atoms with Crippen molar-refractivity contribution in [2.75, 3.05) is 11.9 Å². The number of amides is 1. The molecule has 0 radical (unpaired) electrons. The number of hydrogen-bond acceptors (Lipinski definition) is 3. The van der Waals surface area contributed by atoms with Gasteiger partial charge in [0.05, 0.1) is 5.69 Å². The van der Waals surface area contributed by atoms with Crippen molar-refractivity contribution in [1.29, 1.82) is 0 Å². The number of aromatic nitrogens is 1. The predicted molar refractivity (Wildman–Crippen MR) is 73.3 cm³/mol. The summed E-state index contributed by atoms with van der Waals surface area (Å²) in [6.45, 7) is 4.20. The molecule has 0 atom stereocenters. The summed E-state index contributed by atoms with van der Waals surface area (Å²) in [5.74, 6) is 0.941. The van der Waals surface area contributed by atoms with Gasteiger partial charge in [-0.2, -0.15) is 0 Å². The van der Waals surface area contributed by atoms with E-state index < -0.39 is 0 Å². The van der Waals surface area contributed by atoms with Crippen molar-refractivity contribution in [3.05, 3.63) is 41.5 Å². The van der Waals surface area contributed by atoms with Gasteiger partial charge < -0.3 is 10.1 Å². The molecule has 4 heteroatoms. The van der Waals surface area contributed by atoms with Crippen molar-refractivity contribution >= 4 is 11.7 Å². The number of fused-ring (bicyclic) bond motifs is 1. The first-order chi connectivity index (χ1) is 9.13. The van der Waals surface area contributed by atoms with Gasteiger partial charge in [-0.05, 0) is 43.2 Å². The molecule has 0 aliphatic carbocycles. The predicted octanol–water partition coefficient (Wildman–Crippen LogP) is 2.70. The van der Waals surface area contributed by atoms with Crippen LogP contribution in [0.3, 0.4) is 0 Å². The van der Waals surface area contributed by atoms with Gasteiger partial charge in [-0.15, -0.1) is 0 Å². The van der Waals surface area contributed by atoms with Crippen molar-refractivity contribution in [3.8, 4) is 17.0 Å². The second-order valence-corrected chi connectivity index (χ2v) is 4.68. The molecule has 0 fully saturated rings. The highest BCUT2D eigenvalue weighted by Crippen LogP contribution is 2.29. The minimum absolute atomic E-state index is 0.0532. The number of anilines is 1. The van der Waals surface area contributed by atoms with Gasteiger partial charge in [-0.25, -0.2) is 4.98 Å². The Morgan fingerprint density at radius 2 is 2.00 bits per heavy atom. The first kappa shape index (κ1) is 11.7. The normalized spacial score (nSPS) is 13.5. The maximum atomic E-state index is 11.3. The number of carbonyl (C=O) groups excluding carboxylic acids is 1. The van der Waals surface area contributed by atoms with E-state index in [-0.39, 0.29) is 12.5 Å². The number of rotatable bonds is 1. The summed E-state index contributed by atoms with van der Waals surface area (Å²) in [4.78, 5) is 15.7. The van der Waals surface area contributed by atoms with Crippen LogP contribution in [-0.4, -0.2) is 17.5 Å². The van der Waals surface area contributed by atoms with Crippen LogP contribution in [0.4, 0.5) is 5.82 Å². The Morgan fingerprint density at radius 3 is 2.79 bits per heavy atom. The Bertz CT molecular complexity index is 665. The maximum Gasteiger partial charge on any atom is 0.263 e. The Labute approximate surface area is 111 Å². The molecule has 1 aromatic heterocycles. The minimum Gasteiger partial charge on any atom is -0.480 e. The molecular weight excluding hydrogens is 240 g/mol. The molecule has 0 saturated heterocycles. The van der Waals surface area contributed by atoms with Crippen LogP contribution in [0.5, 0.6) is 5.75 Å². The Hall–Kier alpha value is -2.36. The van der Waals surface area contributed by atoms with Gasteiger partial charge in [0.2, 0.25) is 0 Å². The summed E-state index contributed by atoms with van der Waals surface area (Å²) in [5.41, 5.74) is 4.33. The van der Waals surface area contributed by atoms with Crippen molar-refractivity contribution in [2.24, 2.45) is 0 Å². The fourth-order valence-electron chi connectivity index (χ4n) is 2.03. The second kappa shape index (κ2) is 4.39. The Kier molecular flexibility index (Phi) is 2.71. The van der Waals surface area contributed by atoms with E-state index in [2.05, 4.69) is 36.3 Å². The molecule has 19 heavy (non-hydrogen) atoms. The molecule has 0 bridgehead atoms. The number of ether oxygens (including phenoxy) is 1. The van der Waals surface area contributed by atoms with E-state index in [1.807, 2.05) is 18.2 Å². The van der Waals surface area contributed by atoms with E-state index in [9.17, 15) is 4.79 Å². The number of nitrogens with one attached hydrogen (secondary N) is 1. The third-order valence-corrected chi connectivity index (χ3v) is 3.28. The minimum atomic E-state index is -0.169. The van der Waals surface area contributed by atoms with Gasteiger partial charge in [-0.3, -0.25) is 4.79 Å². The zero-order valence-corrected chi connectivity index (χ0v) is 10.9. The monoisotopic (exact) mass is 254 g/mol. The maximum absolute atomic E-state index is 11.3. The largest absolute Gasteiger partial charge is 0.480 e. The van der Waals surface area contributed by atoms with Crippen molar-refractivity contribution in [1.82, 2.24) is 4.98 Å². The third-order valence-electron chi connectivity index (χ3n) is 3.28. The lowest BCUT2D eigenvalue weighted by Crippen LogP contribution is -2.26. The van der Waals surface area contributed by atoms with Crippen molar-refractivity contribution < 1.29 is 9.53 Å². The number of carbonyl (C=O) groups is 1. The van der Waals surface area contributed by atoms with Crippen LogP contribution in [0.25, 0.3) is 11.3 Å². The van der Waals surface area contributed by atoms with E-state index in [1.165, 1.54) is 11.1 Å². The zero-order valence-electron chi connectivity index (χ0n) is 10.9. The molecule has 1 aliphatic rings. The summed E-state index contributed by atoms with van der Waals surface area (Å²) < 4.78 is 5.29. The number of pyridine rings is 1. The molecule has 96 valence electrons. The van der Waals surface area contributed by atoms with E-state index in [4.69, 9.17) is 4.74 Å². The highest BCUT2D eigenvalue weighted by atomic mass is 16.5. The lowest BCUT2D eigenvalue weighted by Gasteiger charge is -2.17. The molecule has 4 nitrogen and oxygen atoms in total. The smallest absolute Gasteiger partial charge is 0.263 e. The molecular formula is C15H14N2O2. The van der Waals surface area contributed by atoms with Crippen LogP contribution in [0.1, 0.15) is 11.1 Å². The molecule has 1 aliphatic heterocycles. The number of hydrogen-bond donors (Lipinski definition) is 1. The Balaban J connectivity index is 2.03. The first-order valence-corrected chi connectivity index (χ1v) is 6.15. The number of nitrogens with zero attached hydrogens (tertiary/aromatic N) is 1. The van der Waals surface area contributed by atoms with E-state index in [0.29, 0.717) is 11.6 Å². The van der Waals surface area contributed by atoms with E-state index >= 15 is 0 Å². The van der Waals surface area contributed by atoms with Crippen LogP contribution in [0, 0.1) is 13.8 Å². The van der Waals surface area contributed by atoms with Crippen LogP contribution in [0.2, 0.25) is 0 Å². The van der Waals surface area contributed by atoms with Crippen LogP contribution >= 0.6 is 0 Å². The average Bonchev–Trinajstić information content (AvgIpc) is 2.41. The molecule has 1 aromatic carbocycles. The average molecular weight is 254 g/mol. The molecule has 0 saturated carbocycles. The Morgan fingerprint density at radius 1 is 1.16 bits per heavy atom. The second-order valence-electron chi connectivity index (χ2n) is 4.68. The number of benzene rings is 1. The molecule has 0 spiro atoms. The summed E-state index contributed by atoms with van der Waals surface area (Å²) in [5, 5.41) is 2.72. The topological polar surface area (TPSA) is 51.2 Å².